The van der Waals surface area contributed by atoms with Crippen LogP contribution in [0.2, 0.25) is 0 Å². The molecule has 1 heterocycles. The maximum atomic E-state index is 13.5. The number of pyridine rings is 1. The van der Waals surface area contributed by atoms with Crippen molar-refractivity contribution in [2.24, 2.45) is 0 Å². The first kappa shape index (κ1) is 10.9. The standard InChI is InChI=1S/C11H9BrFN3/c12-7-4-10(13)11(15-6-7)16-9-3-1-2-8(14)5-9/h1-6H,14H2,(H,15,16). The first-order valence-electron chi connectivity index (χ1n) is 4.59. The van der Waals surface area contributed by atoms with E-state index < -0.39 is 5.82 Å². The predicted octanol–water partition coefficient (Wildman–Crippen LogP) is 3.31. The van der Waals surface area contributed by atoms with Gasteiger partial charge in [-0.2, -0.15) is 0 Å². The van der Waals surface area contributed by atoms with Crippen LogP contribution in [0.4, 0.5) is 21.6 Å². The van der Waals surface area contributed by atoms with E-state index in [9.17, 15) is 4.39 Å². The summed E-state index contributed by atoms with van der Waals surface area (Å²) in [6.45, 7) is 0. The van der Waals surface area contributed by atoms with Crippen LogP contribution in [-0.4, -0.2) is 4.98 Å². The number of nitrogens with one attached hydrogen (secondary N) is 1. The Bertz CT molecular complexity index is 516. The number of nitrogens with two attached hydrogens (primary N) is 1. The van der Waals surface area contributed by atoms with Gasteiger partial charge in [0.25, 0.3) is 0 Å². The maximum absolute atomic E-state index is 13.5. The molecule has 0 unspecified atom stereocenters. The summed E-state index contributed by atoms with van der Waals surface area (Å²) in [6.07, 6.45) is 1.53. The van der Waals surface area contributed by atoms with Crippen molar-refractivity contribution in [2.45, 2.75) is 0 Å². The summed E-state index contributed by atoms with van der Waals surface area (Å²) in [6, 6.07) is 8.40. The average Bonchev–Trinajstić information content (AvgIpc) is 2.22. The Morgan fingerprint density at radius 2 is 2.12 bits per heavy atom. The van der Waals surface area contributed by atoms with Gasteiger partial charge in [-0.05, 0) is 40.2 Å². The predicted molar refractivity (Wildman–Crippen MR) is 66.0 cm³/mol. The van der Waals surface area contributed by atoms with Gasteiger partial charge in [-0.15, -0.1) is 0 Å². The van der Waals surface area contributed by atoms with E-state index in [0.29, 0.717) is 15.8 Å². The molecule has 3 N–H and O–H groups in total. The molecule has 5 heteroatoms. The number of rotatable bonds is 2. The fraction of sp³-hybridized carbons (Fsp3) is 0. The van der Waals surface area contributed by atoms with Crippen molar-refractivity contribution in [3.05, 3.63) is 46.8 Å². The number of nitrogens with zero attached hydrogens (tertiary/aromatic N) is 1. The number of nitrogen functional groups attached to an aromatic ring is 1. The third kappa shape index (κ3) is 2.49. The molecule has 16 heavy (non-hydrogen) atoms. The van der Waals surface area contributed by atoms with Crippen LogP contribution in [0.5, 0.6) is 0 Å². The lowest BCUT2D eigenvalue weighted by Gasteiger charge is -2.07. The summed E-state index contributed by atoms with van der Waals surface area (Å²) < 4.78 is 14.1. The molecule has 0 aliphatic carbocycles. The number of halogens is 2. The van der Waals surface area contributed by atoms with Gasteiger partial charge in [-0.3, -0.25) is 0 Å². The minimum atomic E-state index is -0.420. The fourth-order valence-corrected chi connectivity index (χ4v) is 1.56. The van der Waals surface area contributed by atoms with E-state index >= 15 is 0 Å². The lowest BCUT2D eigenvalue weighted by atomic mass is 10.3. The van der Waals surface area contributed by atoms with Crippen LogP contribution in [0.15, 0.2) is 41.0 Å². The van der Waals surface area contributed by atoms with Crippen molar-refractivity contribution < 1.29 is 4.39 Å². The van der Waals surface area contributed by atoms with Crippen LogP contribution in [0.1, 0.15) is 0 Å². The largest absolute Gasteiger partial charge is 0.399 e. The topological polar surface area (TPSA) is 50.9 Å². The highest BCUT2D eigenvalue weighted by Gasteiger charge is 2.04. The van der Waals surface area contributed by atoms with E-state index in [-0.39, 0.29) is 5.82 Å². The molecule has 82 valence electrons. The lowest BCUT2D eigenvalue weighted by Crippen LogP contribution is -1.97. The molecule has 2 aromatic rings. The zero-order valence-corrected chi connectivity index (χ0v) is 9.83. The zero-order valence-electron chi connectivity index (χ0n) is 8.24. The number of aromatic nitrogens is 1. The van der Waals surface area contributed by atoms with E-state index in [2.05, 4.69) is 26.2 Å². The minimum absolute atomic E-state index is 0.175. The summed E-state index contributed by atoms with van der Waals surface area (Å²) in [5.74, 6) is -0.245. The van der Waals surface area contributed by atoms with E-state index in [1.165, 1.54) is 12.3 Å². The molecule has 0 radical (unpaired) electrons. The Hall–Kier alpha value is -1.62. The van der Waals surface area contributed by atoms with Gasteiger partial charge in [0.15, 0.2) is 11.6 Å². The molecule has 1 aromatic carbocycles. The number of benzene rings is 1. The third-order valence-corrected chi connectivity index (χ3v) is 2.39. The van der Waals surface area contributed by atoms with Gasteiger partial charge in [0.1, 0.15) is 0 Å². The Balaban J connectivity index is 2.27. The highest BCUT2D eigenvalue weighted by atomic mass is 79.9. The van der Waals surface area contributed by atoms with E-state index in [1.54, 1.807) is 24.3 Å². The maximum Gasteiger partial charge on any atom is 0.166 e. The van der Waals surface area contributed by atoms with E-state index in [0.717, 1.165) is 0 Å². The third-order valence-electron chi connectivity index (χ3n) is 1.96. The normalized spacial score (nSPS) is 10.1. The molecule has 3 nitrogen and oxygen atoms in total. The highest BCUT2D eigenvalue weighted by molar-refractivity contribution is 9.10. The van der Waals surface area contributed by atoms with Crippen molar-refractivity contribution in [1.29, 1.82) is 0 Å². The van der Waals surface area contributed by atoms with Crippen molar-refractivity contribution in [3.63, 3.8) is 0 Å². The Morgan fingerprint density at radius 3 is 2.81 bits per heavy atom. The van der Waals surface area contributed by atoms with Gasteiger partial charge in [-0.25, -0.2) is 9.37 Å². The molecule has 0 spiro atoms. The fourth-order valence-electron chi connectivity index (χ4n) is 1.26. The Labute approximate surface area is 101 Å². The second-order valence-corrected chi connectivity index (χ2v) is 4.15. The quantitative estimate of drug-likeness (QED) is 0.831. The molecule has 0 saturated carbocycles. The number of anilines is 3. The minimum Gasteiger partial charge on any atom is -0.399 e. The molecule has 0 aliphatic heterocycles. The van der Waals surface area contributed by atoms with E-state index in [1.807, 2.05) is 0 Å². The van der Waals surface area contributed by atoms with Crippen molar-refractivity contribution in [1.82, 2.24) is 4.98 Å². The monoisotopic (exact) mass is 281 g/mol. The second kappa shape index (κ2) is 4.49. The van der Waals surface area contributed by atoms with Crippen LogP contribution < -0.4 is 11.1 Å². The van der Waals surface area contributed by atoms with Crippen LogP contribution in [0, 0.1) is 5.82 Å². The van der Waals surface area contributed by atoms with Gasteiger partial charge in [0.2, 0.25) is 0 Å². The Kier molecular flexibility index (Phi) is 3.05. The van der Waals surface area contributed by atoms with Crippen LogP contribution in [0.3, 0.4) is 0 Å². The molecule has 0 amide bonds. The molecule has 0 fully saturated rings. The average molecular weight is 282 g/mol. The van der Waals surface area contributed by atoms with Gasteiger partial charge >= 0.3 is 0 Å². The Morgan fingerprint density at radius 1 is 1.31 bits per heavy atom. The molecule has 0 saturated heterocycles. The van der Waals surface area contributed by atoms with Crippen molar-refractivity contribution >= 4 is 33.1 Å². The first-order chi connectivity index (χ1) is 7.65. The van der Waals surface area contributed by atoms with Gasteiger partial charge in [-0.1, -0.05) is 6.07 Å². The van der Waals surface area contributed by atoms with Crippen LogP contribution in [-0.2, 0) is 0 Å². The van der Waals surface area contributed by atoms with E-state index in [4.69, 9.17) is 5.73 Å². The molecule has 2 rings (SSSR count). The SMILES string of the molecule is Nc1cccc(Nc2ncc(Br)cc2F)c1. The smallest absolute Gasteiger partial charge is 0.166 e. The molecule has 1 aromatic heterocycles. The van der Waals surface area contributed by atoms with Crippen molar-refractivity contribution in [3.8, 4) is 0 Å². The number of hydrogen-bond donors (Lipinski definition) is 2. The lowest BCUT2D eigenvalue weighted by molar-refractivity contribution is 0.625. The zero-order chi connectivity index (χ0) is 11.5. The molecular weight excluding hydrogens is 273 g/mol. The van der Waals surface area contributed by atoms with Gasteiger partial charge < -0.3 is 11.1 Å². The molecule has 0 aliphatic rings. The summed E-state index contributed by atoms with van der Waals surface area (Å²) in [5.41, 5.74) is 6.93. The highest BCUT2D eigenvalue weighted by Crippen LogP contribution is 2.21. The summed E-state index contributed by atoms with van der Waals surface area (Å²) >= 11 is 3.14. The molecule has 0 atom stereocenters. The van der Waals surface area contributed by atoms with Crippen molar-refractivity contribution in [2.75, 3.05) is 11.1 Å². The summed E-state index contributed by atoms with van der Waals surface area (Å²) in [7, 11) is 0. The summed E-state index contributed by atoms with van der Waals surface area (Å²) in [5, 5.41) is 2.85. The molecule has 0 bridgehead atoms. The van der Waals surface area contributed by atoms with Crippen LogP contribution in [0.25, 0.3) is 0 Å². The summed E-state index contributed by atoms with van der Waals surface area (Å²) in [4.78, 5) is 3.93. The first-order valence-corrected chi connectivity index (χ1v) is 5.38. The van der Waals surface area contributed by atoms with Crippen LogP contribution >= 0.6 is 15.9 Å². The van der Waals surface area contributed by atoms with Gasteiger partial charge in [0, 0.05) is 22.0 Å². The van der Waals surface area contributed by atoms with Gasteiger partial charge in [0.05, 0.1) is 0 Å². The molecular formula is C11H9BrFN3. The number of hydrogen-bond acceptors (Lipinski definition) is 3. The second-order valence-electron chi connectivity index (χ2n) is 3.23.